The third-order valence-corrected chi connectivity index (χ3v) is 5.47. The summed E-state index contributed by atoms with van der Waals surface area (Å²) >= 11 is 1.61. The molecule has 0 atom stereocenters. The molecule has 0 fully saturated rings. The molecule has 0 amide bonds. The topological polar surface area (TPSA) is 45.2 Å². The molecule has 0 radical (unpaired) electrons. The fourth-order valence-corrected chi connectivity index (χ4v) is 4.04. The lowest BCUT2D eigenvalue weighted by Gasteiger charge is -2.28. The summed E-state index contributed by atoms with van der Waals surface area (Å²) in [6, 6.07) is 15.0. The van der Waals surface area contributed by atoms with E-state index in [4.69, 9.17) is 0 Å². The lowest BCUT2D eigenvalue weighted by Crippen LogP contribution is -2.35. The molecule has 3 aromatic rings. The van der Waals surface area contributed by atoms with E-state index in [2.05, 4.69) is 63.1 Å². The first-order chi connectivity index (χ1) is 12.2. The number of nitrogens with zero attached hydrogens (tertiary/aromatic N) is 5. The van der Waals surface area contributed by atoms with Crippen LogP contribution >= 0.6 is 11.3 Å². The minimum atomic E-state index is 0.472. The number of hydrogen-bond donors (Lipinski definition) is 0. The van der Waals surface area contributed by atoms with Gasteiger partial charge in [0.15, 0.2) is 5.01 Å². The van der Waals surface area contributed by atoms with Gasteiger partial charge in [0, 0.05) is 37.6 Å². The molecule has 1 aromatic carbocycles. The molecule has 1 aliphatic heterocycles. The zero-order chi connectivity index (χ0) is 17.2. The SMILES string of the molecule is CC(C)N1CCN(c2nnc(-c3ccccn3)s2)Cc2ccccc21. The van der Waals surface area contributed by atoms with E-state index in [0.29, 0.717) is 6.04 Å². The molecular formula is C19H21N5S. The number of anilines is 2. The number of rotatable bonds is 3. The largest absolute Gasteiger partial charge is 0.367 e. The molecule has 0 spiro atoms. The highest BCUT2D eigenvalue weighted by Crippen LogP contribution is 2.32. The van der Waals surface area contributed by atoms with Gasteiger partial charge in [-0.25, -0.2) is 0 Å². The first kappa shape index (κ1) is 16.0. The van der Waals surface area contributed by atoms with Crippen LogP contribution in [-0.4, -0.2) is 34.3 Å². The summed E-state index contributed by atoms with van der Waals surface area (Å²) in [5.41, 5.74) is 3.54. The molecule has 1 aliphatic rings. The highest BCUT2D eigenvalue weighted by atomic mass is 32.1. The smallest absolute Gasteiger partial charge is 0.209 e. The van der Waals surface area contributed by atoms with Crippen LogP contribution in [-0.2, 0) is 6.54 Å². The summed E-state index contributed by atoms with van der Waals surface area (Å²) in [7, 11) is 0. The van der Waals surface area contributed by atoms with Crippen LogP contribution < -0.4 is 9.80 Å². The van der Waals surface area contributed by atoms with Crippen molar-refractivity contribution in [3.8, 4) is 10.7 Å². The van der Waals surface area contributed by atoms with Gasteiger partial charge in [-0.15, -0.1) is 10.2 Å². The van der Waals surface area contributed by atoms with Crippen molar-refractivity contribution in [1.29, 1.82) is 0 Å². The quantitative estimate of drug-likeness (QED) is 0.717. The Bertz CT molecular complexity index is 846. The van der Waals surface area contributed by atoms with Crippen LogP contribution in [0.5, 0.6) is 0 Å². The van der Waals surface area contributed by atoms with Crippen molar-refractivity contribution < 1.29 is 0 Å². The lowest BCUT2D eigenvalue weighted by atomic mass is 10.1. The number of fused-ring (bicyclic) bond motifs is 1. The second-order valence-electron chi connectivity index (χ2n) is 6.44. The Morgan fingerprint density at radius 3 is 2.64 bits per heavy atom. The second-order valence-corrected chi connectivity index (χ2v) is 7.40. The average molecular weight is 351 g/mol. The molecule has 0 aliphatic carbocycles. The molecule has 0 saturated carbocycles. The van der Waals surface area contributed by atoms with Gasteiger partial charge in [-0.1, -0.05) is 35.6 Å². The third kappa shape index (κ3) is 3.22. The molecule has 5 nitrogen and oxygen atoms in total. The van der Waals surface area contributed by atoms with E-state index in [1.807, 2.05) is 18.2 Å². The summed E-state index contributed by atoms with van der Waals surface area (Å²) < 4.78 is 0. The Morgan fingerprint density at radius 1 is 1.00 bits per heavy atom. The van der Waals surface area contributed by atoms with Gasteiger partial charge in [-0.2, -0.15) is 0 Å². The Morgan fingerprint density at radius 2 is 1.84 bits per heavy atom. The molecular weight excluding hydrogens is 330 g/mol. The molecule has 25 heavy (non-hydrogen) atoms. The molecule has 0 N–H and O–H groups in total. The van der Waals surface area contributed by atoms with Gasteiger partial charge in [0.05, 0.1) is 0 Å². The maximum absolute atomic E-state index is 4.44. The maximum atomic E-state index is 4.44. The highest BCUT2D eigenvalue weighted by molar-refractivity contribution is 7.18. The fourth-order valence-electron chi connectivity index (χ4n) is 3.19. The number of pyridine rings is 1. The number of hydrogen-bond acceptors (Lipinski definition) is 6. The van der Waals surface area contributed by atoms with Crippen molar-refractivity contribution >= 4 is 22.2 Å². The fraction of sp³-hybridized carbons (Fsp3) is 0.316. The van der Waals surface area contributed by atoms with E-state index in [9.17, 15) is 0 Å². The predicted molar refractivity (Wildman–Crippen MR) is 103 cm³/mol. The van der Waals surface area contributed by atoms with Crippen molar-refractivity contribution in [2.75, 3.05) is 22.9 Å². The van der Waals surface area contributed by atoms with Crippen molar-refractivity contribution in [2.24, 2.45) is 0 Å². The minimum Gasteiger partial charge on any atom is -0.367 e. The molecule has 0 saturated heterocycles. The monoisotopic (exact) mass is 351 g/mol. The predicted octanol–water partition coefficient (Wildman–Crippen LogP) is 3.84. The number of benzene rings is 1. The zero-order valence-corrected chi connectivity index (χ0v) is 15.3. The Balaban J connectivity index is 1.64. The van der Waals surface area contributed by atoms with Gasteiger partial charge >= 0.3 is 0 Å². The van der Waals surface area contributed by atoms with Crippen molar-refractivity contribution in [2.45, 2.75) is 26.4 Å². The highest BCUT2D eigenvalue weighted by Gasteiger charge is 2.23. The number of aromatic nitrogens is 3. The van der Waals surface area contributed by atoms with Crippen molar-refractivity contribution in [1.82, 2.24) is 15.2 Å². The van der Waals surface area contributed by atoms with Crippen molar-refractivity contribution in [3.63, 3.8) is 0 Å². The van der Waals surface area contributed by atoms with Crippen LogP contribution in [0.15, 0.2) is 48.7 Å². The van der Waals surface area contributed by atoms with Crippen LogP contribution in [0, 0.1) is 0 Å². The lowest BCUT2D eigenvalue weighted by molar-refractivity contribution is 0.677. The van der Waals surface area contributed by atoms with Crippen LogP contribution in [0.2, 0.25) is 0 Å². The molecule has 6 heteroatoms. The summed E-state index contributed by atoms with van der Waals surface area (Å²) in [5, 5.41) is 10.6. The van der Waals surface area contributed by atoms with Gasteiger partial charge in [-0.05, 0) is 37.6 Å². The van der Waals surface area contributed by atoms with Gasteiger partial charge in [-0.3, -0.25) is 4.98 Å². The summed E-state index contributed by atoms with van der Waals surface area (Å²) in [6.45, 7) is 7.26. The van der Waals surface area contributed by atoms with Gasteiger partial charge in [0.2, 0.25) is 5.13 Å². The Hall–Kier alpha value is -2.47. The summed E-state index contributed by atoms with van der Waals surface area (Å²) in [4.78, 5) is 9.17. The molecule has 128 valence electrons. The van der Waals surface area contributed by atoms with Crippen molar-refractivity contribution in [3.05, 3.63) is 54.2 Å². The Labute approximate surface area is 152 Å². The molecule has 4 rings (SSSR count). The molecule has 3 heterocycles. The minimum absolute atomic E-state index is 0.472. The average Bonchev–Trinajstić information content (AvgIpc) is 3.04. The van der Waals surface area contributed by atoms with Gasteiger partial charge in [0.1, 0.15) is 5.69 Å². The van der Waals surface area contributed by atoms with E-state index in [0.717, 1.165) is 35.5 Å². The standard InChI is InChI=1S/C19H21N5S/c1-14(2)24-12-11-23(13-15-7-3-4-9-17(15)24)19-22-21-18(25-19)16-8-5-6-10-20-16/h3-10,14H,11-13H2,1-2H3. The third-order valence-electron chi connectivity index (χ3n) is 4.47. The Kier molecular flexibility index (Phi) is 4.36. The molecule has 0 bridgehead atoms. The number of para-hydroxylation sites is 1. The second kappa shape index (κ2) is 6.80. The van der Waals surface area contributed by atoms with Gasteiger partial charge in [0.25, 0.3) is 0 Å². The first-order valence-corrected chi connectivity index (χ1v) is 9.38. The van der Waals surface area contributed by atoms with E-state index in [-0.39, 0.29) is 0 Å². The maximum Gasteiger partial charge on any atom is 0.209 e. The van der Waals surface area contributed by atoms with Crippen LogP contribution in [0.3, 0.4) is 0 Å². The van der Waals surface area contributed by atoms with E-state index in [1.54, 1.807) is 17.5 Å². The zero-order valence-electron chi connectivity index (χ0n) is 14.5. The van der Waals surface area contributed by atoms with Crippen LogP contribution in [0.4, 0.5) is 10.8 Å². The first-order valence-electron chi connectivity index (χ1n) is 8.57. The summed E-state index contributed by atoms with van der Waals surface area (Å²) in [6.07, 6.45) is 1.79. The molecule has 2 aromatic heterocycles. The van der Waals surface area contributed by atoms with Gasteiger partial charge < -0.3 is 9.80 Å². The van der Waals surface area contributed by atoms with E-state index >= 15 is 0 Å². The molecule has 0 unspecified atom stereocenters. The van der Waals surface area contributed by atoms with E-state index < -0.39 is 0 Å². The normalized spacial score (nSPS) is 14.5. The van der Waals surface area contributed by atoms with Crippen LogP contribution in [0.25, 0.3) is 10.7 Å². The summed E-state index contributed by atoms with van der Waals surface area (Å²) in [5.74, 6) is 0. The van der Waals surface area contributed by atoms with E-state index in [1.165, 1.54) is 11.3 Å². The van der Waals surface area contributed by atoms with Crippen LogP contribution in [0.1, 0.15) is 19.4 Å².